The van der Waals surface area contributed by atoms with Crippen molar-refractivity contribution in [1.82, 2.24) is 15.2 Å². The van der Waals surface area contributed by atoms with Gasteiger partial charge in [-0.25, -0.2) is 0 Å². The Balaban J connectivity index is 1.53. The summed E-state index contributed by atoms with van der Waals surface area (Å²) in [5.41, 5.74) is 0.843. The highest BCUT2D eigenvalue weighted by Crippen LogP contribution is 2.20. The summed E-state index contributed by atoms with van der Waals surface area (Å²) < 4.78 is 0. The minimum atomic E-state index is -0.271. The number of hydrogen-bond acceptors (Lipinski definition) is 4. The molecule has 3 heterocycles. The van der Waals surface area contributed by atoms with Crippen LogP contribution < -0.4 is 5.32 Å². The predicted octanol–water partition coefficient (Wildman–Crippen LogP) is 2.12. The van der Waals surface area contributed by atoms with Gasteiger partial charge in [-0.2, -0.15) is 0 Å². The Labute approximate surface area is 139 Å². The Morgan fingerprint density at radius 2 is 2.26 bits per heavy atom. The summed E-state index contributed by atoms with van der Waals surface area (Å²) in [6, 6.07) is 9.70. The van der Waals surface area contributed by atoms with E-state index in [1.807, 2.05) is 37.3 Å². The molecule has 2 aromatic heterocycles. The third kappa shape index (κ3) is 3.96. The first-order valence-electron chi connectivity index (χ1n) is 7.62. The largest absolute Gasteiger partial charge is 0.351 e. The van der Waals surface area contributed by atoms with Crippen molar-refractivity contribution < 1.29 is 9.59 Å². The van der Waals surface area contributed by atoms with E-state index in [0.717, 1.165) is 10.6 Å². The van der Waals surface area contributed by atoms with E-state index >= 15 is 0 Å². The maximum Gasteiger partial charge on any atom is 0.225 e. The van der Waals surface area contributed by atoms with Gasteiger partial charge in [-0.15, -0.1) is 11.3 Å². The first-order valence-corrected chi connectivity index (χ1v) is 8.44. The molecule has 1 aliphatic rings. The van der Waals surface area contributed by atoms with Crippen LogP contribution in [-0.2, 0) is 22.7 Å². The second-order valence-electron chi connectivity index (χ2n) is 5.73. The van der Waals surface area contributed by atoms with Gasteiger partial charge in [0.05, 0.1) is 24.7 Å². The van der Waals surface area contributed by atoms with Crippen molar-refractivity contribution in [1.29, 1.82) is 0 Å². The van der Waals surface area contributed by atoms with E-state index in [2.05, 4.69) is 10.3 Å². The molecule has 1 aliphatic heterocycles. The molecule has 0 unspecified atom stereocenters. The summed E-state index contributed by atoms with van der Waals surface area (Å²) in [4.78, 5) is 32.7. The summed E-state index contributed by atoms with van der Waals surface area (Å²) in [5, 5.41) is 2.94. The molecular formula is C17H19N3O2S. The smallest absolute Gasteiger partial charge is 0.225 e. The number of pyridine rings is 1. The van der Waals surface area contributed by atoms with Crippen LogP contribution in [0.2, 0.25) is 0 Å². The number of nitrogens with one attached hydrogen (secondary N) is 1. The van der Waals surface area contributed by atoms with E-state index in [9.17, 15) is 9.59 Å². The Bertz CT molecular complexity index is 699. The molecule has 0 bridgehead atoms. The molecule has 2 aromatic rings. The van der Waals surface area contributed by atoms with Gasteiger partial charge >= 0.3 is 0 Å². The van der Waals surface area contributed by atoms with Crippen LogP contribution >= 0.6 is 11.3 Å². The van der Waals surface area contributed by atoms with Crippen molar-refractivity contribution in [2.24, 2.45) is 5.92 Å². The first kappa shape index (κ1) is 15.7. The average molecular weight is 329 g/mol. The number of amides is 2. The molecule has 5 nitrogen and oxygen atoms in total. The number of rotatable bonds is 5. The highest BCUT2D eigenvalue weighted by Gasteiger charge is 2.34. The average Bonchev–Trinajstić information content (AvgIpc) is 3.12. The topological polar surface area (TPSA) is 62.3 Å². The molecule has 3 rings (SSSR count). The van der Waals surface area contributed by atoms with Crippen molar-refractivity contribution >= 4 is 23.2 Å². The lowest BCUT2D eigenvalue weighted by Gasteiger charge is -2.16. The number of aryl methyl sites for hydroxylation is 1. The first-order chi connectivity index (χ1) is 11.1. The zero-order chi connectivity index (χ0) is 16.2. The molecule has 0 saturated carbocycles. The van der Waals surface area contributed by atoms with Crippen LogP contribution in [0.4, 0.5) is 0 Å². The van der Waals surface area contributed by atoms with Gasteiger partial charge in [0.1, 0.15) is 0 Å². The number of thiophene rings is 1. The van der Waals surface area contributed by atoms with Crippen molar-refractivity contribution in [3.63, 3.8) is 0 Å². The Morgan fingerprint density at radius 3 is 2.96 bits per heavy atom. The van der Waals surface area contributed by atoms with Crippen LogP contribution in [0, 0.1) is 12.8 Å². The second-order valence-corrected chi connectivity index (χ2v) is 7.10. The molecule has 23 heavy (non-hydrogen) atoms. The fraction of sp³-hybridized carbons (Fsp3) is 0.353. The number of carbonyl (C=O) groups excluding carboxylic acids is 2. The van der Waals surface area contributed by atoms with Gasteiger partial charge in [0, 0.05) is 28.9 Å². The van der Waals surface area contributed by atoms with Gasteiger partial charge in [-0.3, -0.25) is 14.6 Å². The summed E-state index contributed by atoms with van der Waals surface area (Å²) in [5.74, 6) is -0.303. The molecule has 0 aromatic carbocycles. The van der Waals surface area contributed by atoms with E-state index in [1.165, 1.54) is 4.88 Å². The van der Waals surface area contributed by atoms with E-state index in [0.29, 0.717) is 19.6 Å². The molecular weight excluding hydrogens is 310 g/mol. The third-order valence-corrected chi connectivity index (χ3v) is 4.90. The minimum absolute atomic E-state index is 0.0165. The molecule has 1 atom stereocenters. The fourth-order valence-corrected chi connectivity index (χ4v) is 3.52. The van der Waals surface area contributed by atoms with Crippen LogP contribution in [-0.4, -0.2) is 28.2 Å². The quantitative estimate of drug-likeness (QED) is 0.914. The van der Waals surface area contributed by atoms with E-state index in [4.69, 9.17) is 0 Å². The maximum atomic E-state index is 12.3. The SMILES string of the molecule is Cc1ccc(CNC(=O)[C@H]2CC(=O)N(Cc3ccccn3)C2)s1. The molecule has 120 valence electrons. The van der Waals surface area contributed by atoms with Crippen LogP contribution in [0.1, 0.15) is 21.9 Å². The molecule has 0 radical (unpaired) electrons. The van der Waals surface area contributed by atoms with E-state index in [-0.39, 0.29) is 24.2 Å². The standard InChI is InChI=1S/C17H19N3O2S/c1-12-5-6-15(23-12)9-19-17(22)13-8-16(21)20(10-13)11-14-4-2-3-7-18-14/h2-7,13H,8-11H2,1H3,(H,19,22)/t13-/m0/s1. The minimum Gasteiger partial charge on any atom is -0.351 e. The highest BCUT2D eigenvalue weighted by atomic mass is 32.1. The molecule has 1 saturated heterocycles. The zero-order valence-electron chi connectivity index (χ0n) is 13.0. The van der Waals surface area contributed by atoms with Gasteiger partial charge in [0.25, 0.3) is 0 Å². The van der Waals surface area contributed by atoms with E-state index < -0.39 is 0 Å². The van der Waals surface area contributed by atoms with Crippen molar-refractivity contribution in [3.05, 3.63) is 52.0 Å². The second kappa shape index (κ2) is 6.91. The summed E-state index contributed by atoms with van der Waals surface area (Å²) in [6.45, 7) is 3.50. The van der Waals surface area contributed by atoms with Crippen molar-refractivity contribution in [2.75, 3.05) is 6.54 Å². The van der Waals surface area contributed by atoms with Gasteiger partial charge in [-0.1, -0.05) is 6.07 Å². The lowest BCUT2D eigenvalue weighted by Crippen LogP contribution is -2.32. The monoisotopic (exact) mass is 329 g/mol. The summed E-state index contributed by atoms with van der Waals surface area (Å²) >= 11 is 1.67. The van der Waals surface area contributed by atoms with Crippen molar-refractivity contribution in [3.8, 4) is 0 Å². The maximum absolute atomic E-state index is 12.3. The Morgan fingerprint density at radius 1 is 1.39 bits per heavy atom. The zero-order valence-corrected chi connectivity index (χ0v) is 13.8. The molecule has 0 aliphatic carbocycles. The molecule has 1 fully saturated rings. The van der Waals surface area contributed by atoms with Gasteiger partial charge < -0.3 is 10.2 Å². The number of nitrogens with zero attached hydrogens (tertiary/aromatic N) is 2. The molecule has 6 heteroatoms. The lowest BCUT2D eigenvalue weighted by atomic mass is 10.1. The number of hydrogen-bond donors (Lipinski definition) is 1. The lowest BCUT2D eigenvalue weighted by molar-refractivity contribution is -0.129. The van der Waals surface area contributed by atoms with Gasteiger partial charge in [0.15, 0.2) is 0 Å². The highest BCUT2D eigenvalue weighted by molar-refractivity contribution is 7.11. The Hall–Kier alpha value is -2.21. The molecule has 1 N–H and O–H groups in total. The van der Waals surface area contributed by atoms with Gasteiger partial charge in [0.2, 0.25) is 11.8 Å². The fourth-order valence-electron chi connectivity index (χ4n) is 2.69. The number of carbonyl (C=O) groups is 2. The summed E-state index contributed by atoms with van der Waals surface area (Å²) in [6.07, 6.45) is 1.99. The van der Waals surface area contributed by atoms with Crippen molar-refractivity contribution in [2.45, 2.75) is 26.4 Å². The molecule has 0 spiro atoms. The van der Waals surface area contributed by atoms with Crippen LogP contribution in [0.5, 0.6) is 0 Å². The third-order valence-electron chi connectivity index (χ3n) is 3.90. The Kier molecular flexibility index (Phi) is 4.71. The summed E-state index contributed by atoms with van der Waals surface area (Å²) in [7, 11) is 0. The van der Waals surface area contributed by atoms with Crippen LogP contribution in [0.3, 0.4) is 0 Å². The molecule has 2 amide bonds. The van der Waals surface area contributed by atoms with Crippen LogP contribution in [0.25, 0.3) is 0 Å². The predicted molar refractivity (Wildman–Crippen MR) is 88.7 cm³/mol. The van der Waals surface area contributed by atoms with E-state index in [1.54, 1.807) is 22.4 Å². The number of likely N-dealkylation sites (tertiary alicyclic amines) is 1. The normalized spacial score (nSPS) is 17.5. The van der Waals surface area contributed by atoms with Gasteiger partial charge in [-0.05, 0) is 31.2 Å². The number of aromatic nitrogens is 1. The van der Waals surface area contributed by atoms with Crippen LogP contribution in [0.15, 0.2) is 36.5 Å².